The Hall–Kier alpha value is -4.69. The number of ketones is 1. The van der Waals surface area contributed by atoms with Gasteiger partial charge in [-0.3, -0.25) is 19.2 Å². The minimum atomic E-state index is -4.47. The molecule has 4 N–H and O–H groups in total. The zero-order valence-corrected chi connectivity index (χ0v) is 26.6. The lowest BCUT2D eigenvalue weighted by atomic mass is 9.79. The van der Waals surface area contributed by atoms with Crippen molar-refractivity contribution in [3.63, 3.8) is 0 Å². The van der Waals surface area contributed by atoms with Crippen LogP contribution < -0.4 is 21.1 Å². The zero-order valence-electron chi connectivity index (χ0n) is 26.6. The van der Waals surface area contributed by atoms with Crippen LogP contribution in [0.2, 0.25) is 0 Å². The molecule has 10 nitrogen and oxygen atoms in total. The Morgan fingerprint density at radius 3 is 2.30 bits per heavy atom. The number of hydrogen-bond acceptors (Lipinski definition) is 8. The third kappa shape index (κ3) is 9.90. The molecule has 3 aromatic rings. The second-order valence-electron chi connectivity index (χ2n) is 10.6. The molecule has 1 aliphatic heterocycles. The van der Waals surface area contributed by atoms with Crippen LogP contribution in [-0.4, -0.2) is 61.4 Å². The minimum Gasteiger partial charge on any atom is -0.493 e. The van der Waals surface area contributed by atoms with Crippen LogP contribution in [0.5, 0.6) is 5.75 Å². The highest BCUT2D eigenvalue weighted by atomic mass is 19.4. The molecule has 2 unspecified atom stereocenters. The lowest BCUT2D eigenvalue weighted by Crippen LogP contribution is -2.46. The molecule has 2 aromatic carbocycles. The van der Waals surface area contributed by atoms with Gasteiger partial charge in [-0.1, -0.05) is 56.3 Å². The number of aldehydes is 1. The van der Waals surface area contributed by atoms with E-state index >= 15 is 0 Å². The maximum atomic E-state index is 14.1. The number of aryl methyl sites for hydroxylation is 2. The van der Waals surface area contributed by atoms with Crippen LogP contribution in [0.3, 0.4) is 0 Å². The number of pyridine rings is 1. The van der Waals surface area contributed by atoms with Gasteiger partial charge in [0.05, 0.1) is 20.3 Å². The highest BCUT2D eigenvalue weighted by Crippen LogP contribution is 2.51. The predicted octanol–water partition coefficient (Wildman–Crippen LogP) is 5.39. The summed E-state index contributed by atoms with van der Waals surface area (Å²) in [4.78, 5) is 46.9. The monoisotopic (exact) mass is 662 g/mol. The number of nitrogens with two attached hydrogens (primary N) is 1. The van der Waals surface area contributed by atoms with Crippen molar-refractivity contribution < 1.29 is 46.2 Å². The third-order valence-electron chi connectivity index (χ3n) is 7.65. The molecule has 3 atom stereocenters. The number of ether oxygens (including phenoxy) is 2. The van der Waals surface area contributed by atoms with Crippen molar-refractivity contribution in [3.05, 3.63) is 82.8 Å². The van der Waals surface area contributed by atoms with Gasteiger partial charge in [0.1, 0.15) is 11.5 Å². The highest BCUT2D eigenvalue weighted by molar-refractivity contribution is 6.41. The number of carbonyl (C=O) groups is 4. The van der Waals surface area contributed by atoms with Crippen molar-refractivity contribution >= 4 is 35.9 Å². The van der Waals surface area contributed by atoms with E-state index in [0.29, 0.717) is 23.8 Å². The summed E-state index contributed by atoms with van der Waals surface area (Å²) >= 11 is 0. The van der Waals surface area contributed by atoms with Crippen molar-refractivity contribution in [1.29, 1.82) is 0 Å². The minimum absolute atomic E-state index is 0.00174. The van der Waals surface area contributed by atoms with Crippen LogP contribution in [0, 0.1) is 18.7 Å². The highest BCUT2D eigenvalue weighted by Gasteiger charge is 2.61. The van der Waals surface area contributed by atoms with E-state index in [1.54, 1.807) is 19.1 Å². The second kappa shape index (κ2) is 17.3. The summed E-state index contributed by atoms with van der Waals surface area (Å²) in [6, 6.07) is 16.2. The van der Waals surface area contributed by atoms with Gasteiger partial charge in [0, 0.05) is 29.2 Å². The number of rotatable bonds is 9. The normalized spacial score (nSPS) is 18.4. The molecule has 47 heavy (non-hydrogen) atoms. The summed E-state index contributed by atoms with van der Waals surface area (Å²) in [5.41, 5.74) is 5.26. The number of aromatic nitrogens is 1. The first-order chi connectivity index (χ1) is 22.2. The molecule has 14 heteroatoms. The van der Waals surface area contributed by atoms with E-state index in [2.05, 4.69) is 46.8 Å². The Morgan fingerprint density at radius 1 is 1.15 bits per heavy atom. The standard InChI is InChI=1S/C15H18F4O2.C10H10N4O4.C8H10/c1-8-5-6-10(13(20-4)12(8)16)11-7-21-14(3,9(11)2)15(17,18)19;11-3-8(17)10(18)14-9-2-6(12-5-16)1-7(4-15)13-9;1-2-8-6-4-3-5-7-8/h5-6,9,11H,7H2,1-4H3;1-2,4-5H,3,11H2,(H2,12,13,14,16,18);3-7H,2H2,1H3/t9?,11?,14-;;/m1../s1. The smallest absolute Gasteiger partial charge is 0.417 e. The largest absolute Gasteiger partial charge is 0.493 e. The molecule has 0 radical (unpaired) electrons. The van der Waals surface area contributed by atoms with Gasteiger partial charge in [-0.05, 0) is 37.5 Å². The number of halogens is 4. The quantitative estimate of drug-likeness (QED) is 0.157. The summed E-state index contributed by atoms with van der Waals surface area (Å²) in [7, 11) is 1.31. The van der Waals surface area contributed by atoms with Gasteiger partial charge in [0.25, 0.3) is 5.91 Å². The third-order valence-corrected chi connectivity index (χ3v) is 7.65. The van der Waals surface area contributed by atoms with Gasteiger partial charge >= 0.3 is 6.18 Å². The van der Waals surface area contributed by atoms with Crippen molar-refractivity contribution in [2.75, 3.05) is 30.9 Å². The lowest BCUT2D eigenvalue weighted by Gasteiger charge is -2.32. The lowest BCUT2D eigenvalue weighted by molar-refractivity contribution is -0.266. The number of methoxy groups -OCH3 is 1. The first-order valence-corrected chi connectivity index (χ1v) is 14.5. The van der Waals surface area contributed by atoms with E-state index in [4.69, 9.17) is 15.2 Å². The number of anilines is 2. The van der Waals surface area contributed by atoms with Crippen molar-refractivity contribution in [1.82, 2.24) is 4.98 Å². The molecule has 4 rings (SSSR count). The molecular formula is C33H38F4N4O6. The molecule has 0 aliphatic carbocycles. The van der Waals surface area contributed by atoms with E-state index in [1.165, 1.54) is 31.7 Å². The number of nitrogens with one attached hydrogen (secondary N) is 2. The fourth-order valence-corrected chi connectivity index (χ4v) is 4.61. The van der Waals surface area contributed by atoms with E-state index < -0.39 is 47.7 Å². The number of nitrogens with zero attached hydrogens (tertiary/aromatic N) is 1. The topological polar surface area (TPSA) is 150 Å². The first-order valence-electron chi connectivity index (χ1n) is 14.5. The summed E-state index contributed by atoms with van der Waals surface area (Å²) < 4.78 is 63.7. The van der Waals surface area contributed by atoms with Gasteiger partial charge in [-0.2, -0.15) is 13.2 Å². The van der Waals surface area contributed by atoms with E-state index in [-0.39, 0.29) is 29.6 Å². The SMILES string of the molecule is CCc1ccccc1.COc1c(C2CO[C@@](C)(C(F)(F)F)C2C)ccc(C)c1F.NCC(=O)C(=O)Nc1cc(NC=O)cc(C=O)n1. The van der Waals surface area contributed by atoms with Crippen molar-refractivity contribution in [2.45, 2.75) is 51.8 Å². The molecule has 0 spiro atoms. The molecule has 1 fully saturated rings. The van der Waals surface area contributed by atoms with E-state index in [1.807, 2.05) is 6.07 Å². The van der Waals surface area contributed by atoms with Crippen LogP contribution >= 0.6 is 0 Å². The molecule has 1 aliphatic rings. The van der Waals surface area contributed by atoms with Gasteiger partial charge in [0.15, 0.2) is 23.5 Å². The van der Waals surface area contributed by atoms with Crippen LogP contribution in [0.4, 0.5) is 29.1 Å². The molecule has 2 heterocycles. The van der Waals surface area contributed by atoms with Gasteiger partial charge in [-0.15, -0.1) is 0 Å². The molecular weight excluding hydrogens is 624 g/mol. The van der Waals surface area contributed by atoms with Crippen LogP contribution in [0.15, 0.2) is 54.6 Å². The summed E-state index contributed by atoms with van der Waals surface area (Å²) in [5, 5.41) is 4.47. The second-order valence-corrected chi connectivity index (χ2v) is 10.6. The van der Waals surface area contributed by atoms with Crippen LogP contribution in [-0.2, 0) is 25.5 Å². The predicted molar refractivity (Wildman–Crippen MR) is 168 cm³/mol. The molecule has 1 aromatic heterocycles. The van der Waals surface area contributed by atoms with Crippen molar-refractivity contribution in [2.24, 2.45) is 11.7 Å². The fourth-order valence-electron chi connectivity index (χ4n) is 4.61. The Bertz CT molecular complexity index is 1540. The van der Waals surface area contributed by atoms with Gasteiger partial charge in [0.2, 0.25) is 12.2 Å². The average Bonchev–Trinajstić information content (AvgIpc) is 3.37. The number of amides is 2. The zero-order chi connectivity index (χ0) is 35.4. The van der Waals surface area contributed by atoms with E-state index in [0.717, 1.165) is 13.3 Å². The molecule has 254 valence electrons. The Balaban J connectivity index is 0.000000268. The average molecular weight is 663 g/mol. The maximum absolute atomic E-state index is 14.1. The van der Waals surface area contributed by atoms with Gasteiger partial charge in [-0.25, -0.2) is 9.37 Å². The van der Waals surface area contributed by atoms with Gasteiger partial charge < -0.3 is 25.8 Å². The fraction of sp³-hybridized carbons (Fsp3) is 0.364. The molecule has 2 amide bonds. The maximum Gasteiger partial charge on any atom is 0.417 e. The van der Waals surface area contributed by atoms with Crippen molar-refractivity contribution in [3.8, 4) is 5.75 Å². The number of hydrogen-bond donors (Lipinski definition) is 3. The summed E-state index contributed by atoms with van der Waals surface area (Å²) in [6.07, 6.45) is -2.49. The Morgan fingerprint density at radius 2 is 1.81 bits per heavy atom. The first kappa shape index (κ1) is 38.5. The van der Waals surface area contributed by atoms with Crippen LogP contribution in [0.1, 0.15) is 53.9 Å². The number of Topliss-reactive ketones (excluding diaryl/α,β-unsaturated/α-hetero) is 1. The summed E-state index contributed by atoms with van der Waals surface area (Å²) in [6.45, 7) is 5.71. The number of benzene rings is 2. The summed E-state index contributed by atoms with van der Waals surface area (Å²) in [5.74, 6) is -3.74. The Labute approximate surface area is 270 Å². The molecule has 0 bridgehead atoms. The van der Waals surface area contributed by atoms with Crippen LogP contribution in [0.25, 0.3) is 0 Å². The van der Waals surface area contributed by atoms with E-state index in [9.17, 15) is 36.7 Å². The number of carbonyl (C=O) groups excluding carboxylic acids is 4. The number of alkyl halides is 3. The molecule has 1 saturated heterocycles. The Kier molecular flexibility index (Phi) is 14.2. The molecule has 0 saturated carbocycles.